The second-order valence-electron chi connectivity index (χ2n) is 4.72. The third kappa shape index (κ3) is 2.74. The average Bonchev–Trinajstić information content (AvgIpc) is 2.84. The van der Waals surface area contributed by atoms with Crippen LogP contribution < -0.4 is 5.32 Å². The van der Waals surface area contributed by atoms with Gasteiger partial charge < -0.3 is 5.32 Å². The topological polar surface area (TPSA) is 72.2 Å². The molecule has 1 N–H and O–H groups in total. The lowest BCUT2D eigenvalue weighted by atomic mass is 10.2. The molecule has 3 aromatic rings. The lowest BCUT2D eigenvalue weighted by Gasteiger charge is -2.04. The van der Waals surface area contributed by atoms with Crippen molar-refractivity contribution >= 4 is 11.6 Å². The molecule has 0 unspecified atom stereocenters. The van der Waals surface area contributed by atoms with E-state index in [1.165, 1.54) is 0 Å². The van der Waals surface area contributed by atoms with E-state index in [1.807, 2.05) is 19.1 Å². The minimum atomic E-state index is -0.148. The number of nitrogens with one attached hydrogen (secondary N) is 1. The molecule has 0 spiro atoms. The van der Waals surface area contributed by atoms with Crippen LogP contribution in [0.4, 0.5) is 0 Å². The zero-order valence-corrected chi connectivity index (χ0v) is 11.7. The minimum Gasteiger partial charge on any atom is -0.352 e. The van der Waals surface area contributed by atoms with E-state index in [0.29, 0.717) is 23.4 Å². The van der Waals surface area contributed by atoms with Crippen LogP contribution >= 0.6 is 0 Å². The van der Waals surface area contributed by atoms with Crippen LogP contribution in [-0.4, -0.2) is 32.0 Å². The number of aryl methyl sites for hydroxylation is 1. The number of nitrogens with zero attached hydrogens (tertiary/aromatic N) is 4. The molecule has 0 atom stereocenters. The van der Waals surface area contributed by atoms with Crippen molar-refractivity contribution in [2.24, 2.45) is 0 Å². The average molecular weight is 281 g/mol. The van der Waals surface area contributed by atoms with Crippen molar-refractivity contribution in [3.63, 3.8) is 0 Å². The molecule has 0 saturated carbocycles. The van der Waals surface area contributed by atoms with Crippen molar-refractivity contribution in [1.29, 1.82) is 0 Å². The van der Waals surface area contributed by atoms with E-state index in [4.69, 9.17) is 0 Å². The van der Waals surface area contributed by atoms with Gasteiger partial charge in [0, 0.05) is 31.3 Å². The van der Waals surface area contributed by atoms with Gasteiger partial charge in [0.15, 0.2) is 5.65 Å². The van der Waals surface area contributed by atoms with Gasteiger partial charge in [-0.2, -0.15) is 5.10 Å². The molecule has 3 aromatic heterocycles. The number of rotatable bonds is 4. The fourth-order valence-electron chi connectivity index (χ4n) is 2.22. The van der Waals surface area contributed by atoms with Crippen LogP contribution in [0, 0.1) is 6.92 Å². The predicted molar refractivity (Wildman–Crippen MR) is 78.0 cm³/mol. The second kappa shape index (κ2) is 5.70. The first-order valence-corrected chi connectivity index (χ1v) is 6.73. The number of hydrogen-bond donors (Lipinski definition) is 1. The molecular weight excluding hydrogens is 266 g/mol. The van der Waals surface area contributed by atoms with Gasteiger partial charge in [-0.05, 0) is 31.0 Å². The first-order valence-electron chi connectivity index (χ1n) is 6.73. The highest BCUT2D eigenvalue weighted by Crippen LogP contribution is 2.12. The van der Waals surface area contributed by atoms with E-state index >= 15 is 0 Å². The standard InChI is InChI=1S/C15H15N5O/c1-11-13(14-17-7-3-9-20(14)19-11)15(21)18-8-5-12-4-2-6-16-10-12/h2-4,6-7,9-10H,5,8H2,1H3,(H,18,21). The summed E-state index contributed by atoms with van der Waals surface area (Å²) in [6.07, 6.45) is 7.71. The molecule has 1 amide bonds. The molecule has 3 heterocycles. The number of fused-ring (bicyclic) bond motifs is 1. The molecule has 3 rings (SSSR count). The highest BCUT2D eigenvalue weighted by Gasteiger charge is 2.17. The molecule has 0 fully saturated rings. The van der Waals surface area contributed by atoms with Gasteiger partial charge in [-0.1, -0.05) is 6.07 Å². The third-order valence-corrected chi connectivity index (χ3v) is 3.22. The van der Waals surface area contributed by atoms with Gasteiger partial charge in [0.25, 0.3) is 5.91 Å². The maximum absolute atomic E-state index is 12.3. The predicted octanol–water partition coefficient (Wildman–Crippen LogP) is 1.41. The molecule has 6 heteroatoms. The molecule has 0 bridgehead atoms. The van der Waals surface area contributed by atoms with Crippen LogP contribution in [0.5, 0.6) is 0 Å². The molecule has 6 nitrogen and oxygen atoms in total. The normalized spacial score (nSPS) is 10.7. The van der Waals surface area contributed by atoms with Crippen molar-refractivity contribution in [1.82, 2.24) is 24.9 Å². The Kier molecular flexibility index (Phi) is 3.59. The molecule has 0 aliphatic heterocycles. The minimum absolute atomic E-state index is 0.148. The number of carbonyl (C=O) groups is 1. The first-order chi connectivity index (χ1) is 10.3. The van der Waals surface area contributed by atoms with E-state index < -0.39 is 0 Å². The fourth-order valence-corrected chi connectivity index (χ4v) is 2.22. The van der Waals surface area contributed by atoms with E-state index in [0.717, 1.165) is 12.0 Å². The van der Waals surface area contributed by atoms with Crippen molar-refractivity contribution in [2.75, 3.05) is 6.54 Å². The Morgan fingerprint density at radius 3 is 3.05 bits per heavy atom. The summed E-state index contributed by atoms with van der Waals surface area (Å²) >= 11 is 0. The Balaban J connectivity index is 1.71. The molecule has 0 aliphatic rings. The number of aromatic nitrogens is 4. The van der Waals surface area contributed by atoms with Crippen LogP contribution in [0.1, 0.15) is 21.6 Å². The fraction of sp³-hybridized carbons (Fsp3) is 0.200. The van der Waals surface area contributed by atoms with Crippen LogP contribution in [0.25, 0.3) is 5.65 Å². The largest absolute Gasteiger partial charge is 0.352 e. The van der Waals surface area contributed by atoms with Crippen LogP contribution in [-0.2, 0) is 6.42 Å². The SMILES string of the molecule is Cc1nn2cccnc2c1C(=O)NCCc1cccnc1. The van der Waals surface area contributed by atoms with Gasteiger partial charge in [-0.25, -0.2) is 9.50 Å². The summed E-state index contributed by atoms with van der Waals surface area (Å²) in [7, 11) is 0. The summed E-state index contributed by atoms with van der Waals surface area (Å²) < 4.78 is 1.62. The Labute approximate surface area is 121 Å². The van der Waals surface area contributed by atoms with Crippen molar-refractivity contribution in [3.05, 3.63) is 59.8 Å². The van der Waals surface area contributed by atoms with E-state index in [-0.39, 0.29) is 5.91 Å². The van der Waals surface area contributed by atoms with Gasteiger partial charge >= 0.3 is 0 Å². The maximum Gasteiger partial charge on any atom is 0.257 e. The van der Waals surface area contributed by atoms with Gasteiger partial charge in [0.2, 0.25) is 0 Å². The number of hydrogen-bond acceptors (Lipinski definition) is 4. The van der Waals surface area contributed by atoms with E-state index in [9.17, 15) is 4.79 Å². The highest BCUT2D eigenvalue weighted by atomic mass is 16.1. The van der Waals surface area contributed by atoms with Gasteiger partial charge in [-0.3, -0.25) is 9.78 Å². The van der Waals surface area contributed by atoms with Crippen LogP contribution in [0.3, 0.4) is 0 Å². The van der Waals surface area contributed by atoms with E-state index in [2.05, 4.69) is 20.4 Å². The van der Waals surface area contributed by atoms with Crippen molar-refractivity contribution < 1.29 is 4.79 Å². The monoisotopic (exact) mass is 281 g/mol. The summed E-state index contributed by atoms with van der Waals surface area (Å²) in [6, 6.07) is 5.65. The summed E-state index contributed by atoms with van der Waals surface area (Å²) in [4.78, 5) is 20.6. The Hall–Kier alpha value is -2.76. The number of pyridine rings is 1. The number of amides is 1. The molecular formula is C15H15N5O. The zero-order chi connectivity index (χ0) is 14.7. The lowest BCUT2D eigenvalue weighted by molar-refractivity contribution is 0.0955. The van der Waals surface area contributed by atoms with Gasteiger partial charge in [-0.15, -0.1) is 0 Å². The molecule has 0 saturated heterocycles. The second-order valence-corrected chi connectivity index (χ2v) is 4.72. The van der Waals surface area contributed by atoms with Crippen LogP contribution in [0.15, 0.2) is 43.0 Å². The van der Waals surface area contributed by atoms with Crippen molar-refractivity contribution in [2.45, 2.75) is 13.3 Å². The summed E-state index contributed by atoms with van der Waals surface area (Å²) in [5.41, 5.74) is 2.87. The molecule has 0 radical (unpaired) electrons. The van der Waals surface area contributed by atoms with Crippen molar-refractivity contribution in [3.8, 4) is 0 Å². The highest BCUT2D eigenvalue weighted by molar-refractivity contribution is 6.00. The first kappa shape index (κ1) is 13.2. The van der Waals surface area contributed by atoms with Crippen LogP contribution in [0.2, 0.25) is 0 Å². The summed E-state index contributed by atoms with van der Waals surface area (Å²) in [5.74, 6) is -0.148. The van der Waals surface area contributed by atoms with Gasteiger partial charge in [0.05, 0.1) is 5.69 Å². The third-order valence-electron chi connectivity index (χ3n) is 3.22. The van der Waals surface area contributed by atoms with E-state index in [1.54, 1.807) is 35.4 Å². The summed E-state index contributed by atoms with van der Waals surface area (Å²) in [5, 5.41) is 7.19. The quantitative estimate of drug-likeness (QED) is 0.784. The Bertz CT molecular complexity index is 766. The maximum atomic E-state index is 12.3. The molecule has 0 aromatic carbocycles. The smallest absolute Gasteiger partial charge is 0.257 e. The summed E-state index contributed by atoms with van der Waals surface area (Å²) in [6.45, 7) is 2.36. The molecule has 21 heavy (non-hydrogen) atoms. The Morgan fingerprint density at radius 1 is 1.33 bits per heavy atom. The molecule has 106 valence electrons. The lowest BCUT2D eigenvalue weighted by Crippen LogP contribution is -2.26. The van der Waals surface area contributed by atoms with Gasteiger partial charge in [0.1, 0.15) is 5.56 Å². The Morgan fingerprint density at radius 2 is 2.24 bits per heavy atom. The zero-order valence-electron chi connectivity index (χ0n) is 11.7. The molecule has 0 aliphatic carbocycles. The number of carbonyl (C=O) groups excluding carboxylic acids is 1.